The number of hydrazine groups is 1. The molecule has 0 bridgehead atoms. The number of nitrogens with zero attached hydrogens (tertiary/aromatic N) is 3. The van der Waals surface area contributed by atoms with E-state index in [-0.39, 0.29) is 6.04 Å². The van der Waals surface area contributed by atoms with E-state index in [0.717, 1.165) is 11.4 Å². The zero-order chi connectivity index (χ0) is 13.5. The Hall–Kier alpha value is -2.55. The molecule has 0 aliphatic carbocycles. The third-order valence-electron chi connectivity index (χ3n) is 3.85. The lowest BCUT2D eigenvalue weighted by Crippen LogP contribution is -2.32. The van der Waals surface area contributed by atoms with E-state index >= 15 is 0 Å². The maximum Gasteiger partial charge on any atom is 0.0957 e. The van der Waals surface area contributed by atoms with Gasteiger partial charge in [-0.15, -0.1) is 0 Å². The quantitative estimate of drug-likeness (QED) is 0.776. The first-order valence-corrected chi connectivity index (χ1v) is 6.80. The van der Waals surface area contributed by atoms with Crippen LogP contribution in [0.25, 0.3) is 0 Å². The summed E-state index contributed by atoms with van der Waals surface area (Å²) in [6.07, 6.45) is 10.4. The first-order valence-electron chi connectivity index (χ1n) is 6.80. The third-order valence-corrected chi connectivity index (χ3v) is 3.85. The topological polar surface area (TPSA) is 19.4 Å². The number of aryl methyl sites for hydroxylation is 1. The number of hydrogen-bond donors (Lipinski definition) is 0. The van der Waals surface area contributed by atoms with Gasteiger partial charge in [0.2, 0.25) is 0 Å². The van der Waals surface area contributed by atoms with Crippen LogP contribution in [-0.4, -0.2) is 9.99 Å². The molecule has 3 heteroatoms. The van der Waals surface area contributed by atoms with E-state index in [9.17, 15) is 0 Å². The van der Waals surface area contributed by atoms with Crippen molar-refractivity contribution in [2.45, 2.75) is 13.0 Å². The van der Waals surface area contributed by atoms with Crippen LogP contribution in [0.3, 0.4) is 0 Å². The van der Waals surface area contributed by atoms with E-state index in [4.69, 9.17) is 0 Å². The van der Waals surface area contributed by atoms with Gasteiger partial charge in [-0.25, -0.2) is 0 Å². The van der Waals surface area contributed by atoms with Crippen molar-refractivity contribution >= 4 is 11.4 Å². The van der Waals surface area contributed by atoms with Crippen LogP contribution >= 0.6 is 0 Å². The van der Waals surface area contributed by atoms with Crippen molar-refractivity contribution in [3.05, 3.63) is 78.3 Å². The smallest absolute Gasteiger partial charge is 0.0957 e. The van der Waals surface area contributed by atoms with Crippen molar-refractivity contribution in [3.8, 4) is 0 Å². The van der Waals surface area contributed by atoms with Crippen LogP contribution in [0.2, 0.25) is 0 Å². The largest absolute Gasteiger partial charge is 0.277 e. The standard InChI is InChI=1S/C17H15N3/c1-13-15(10-6-11-18-13)20-17-9-3-2-7-14(17)16-8-4-5-12-19(16)20/h2-12,16H,1H3. The van der Waals surface area contributed by atoms with Gasteiger partial charge in [0.25, 0.3) is 0 Å². The molecule has 0 spiro atoms. The second-order valence-corrected chi connectivity index (χ2v) is 5.03. The second kappa shape index (κ2) is 4.23. The highest BCUT2D eigenvalue weighted by atomic mass is 15.7. The van der Waals surface area contributed by atoms with Gasteiger partial charge in [0.1, 0.15) is 0 Å². The fraction of sp³-hybridized carbons (Fsp3) is 0.118. The molecule has 2 aliphatic heterocycles. The van der Waals surface area contributed by atoms with Crippen molar-refractivity contribution in [2.24, 2.45) is 0 Å². The van der Waals surface area contributed by atoms with E-state index in [0.29, 0.717) is 0 Å². The van der Waals surface area contributed by atoms with E-state index < -0.39 is 0 Å². The van der Waals surface area contributed by atoms with Crippen LogP contribution in [0, 0.1) is 6.92 Å². The zero-order valence-electron chi connectivity index (χ0n) is 11.3. The predicted molar refractivity (Wildman–Crippen MR) is 80.4 cm³/mol. The molecule has 3 nitrogen and oxygen atoms in total. The molecule has 1 unspecified atom stereocenters. The normalized spacial score (nSPS) is 19.1. The monoisotopic (exact) mass is 261 g/mol. The molecule has 0 saturated carbocycles. The minimum absolute atomic E-state index is 0.274. The maximum absolute atomic E-state index is 4.42. The average Bonchev–Trinajstić information content (AvgIpc) is 2.83. The van der Waals surface area contributed by atoms with Crippen LogP contribution in [0.5, 0.6) is 0 Å². The molecule has 3 heterocycles. The van der Waals surface area contributed by atoms with Gasteiger partial charge in [-0.05, 0) is 31.2 Å². The molecule has 2 aliphatic rings. The minimum Gasteiger partial charge on any atom is -0.277 e. The first kappa shape index (κ1) is 11.3. The molecular weight excluding hydrogens is 246 g/mol. The summed E-state index contributed by atoms with van der Waals surface area (Å²) in [7, 11) is 0. The second-order valence-electron chi connectivity index (χ2n) is 5.03. The van der Waals surface area contributed by atoms with Crippen molar-refractivity contribution in [1.29, 1.82) is 0 Å². The number of pyridine rings is 1. The number of benzene rings is 1. The average molecular weight is 261 g/mol. The summed E-state index contributed by atoms with van der Waals surface area (Å²) < 4.78 is 0. The lowest BCUT2D eigenvalue weighted by Gasteiger charge is -2.33. The molecule has 0 radical (unpaired) electrons. The summed E-state index contributed by atoms with van der Waals surface area (Å²) in [6.45, 7) is 2.05. The molecule has 98 valence electrons. The van der Waals surface area contributed by atoms with Crippen molar-refractivity contribution in [2.75, 3.05) is 5.01 Å². The van der Waals surface area contributed by atoms with Gasteiger partial charge in [-0.3, -0.25) is 15.0 Å². The highest BCUT2D eigenvalue weighted by Crippen LogP contribution is 2.46. The third kappa shape index (κ3) is 1.50. The number of aromatic nitrogens is 1. The molecule has 0 saturated heterocycles. The fourth-order valence-electron chi connectivity index (χ4n) is 2.93. The fourth-order valence-corrected chi connectivity index (χ4v) is 2.93. The molecular formula is C17H15N3. The van der Waals surface area contributed by atoms with Gasteiger partial charge < -0.3 is 0 Å². The number of allylic oxidation sites excluding steroid dienone is 2. The Morgan fingerprint density at radius 2 is 1.85 bits per heavy atom. The first-order chi connectivity index (χ1) is 9.86. The SMILES string of the molecule is Cc1ncccc1N1c2ccccc2C2C=CC=CN21. The maximum atomic E-state index is 4.42. The summed E-state index contributed by atoms with van der Waals surface area (Å²) in [5.74, 6) is 0. The zero-order valence-corrected chi connectivity index (χ0v) is 11.3. The minimum atomic E-state index is 0.274. The molecule has 4 rings (SSSR count). The Morgan fingerprint density at radius 3 is 2.75 bits per heavy atom. The van der Waals surface area contributed by atoms with Gasteiger partial charge >= 0.3 is 0 Å². The van der Waals surface area contributed by atoms with E-state index in [2.05, 4.69) is 76.7 Å². The van der Waals surface area contributed by atoms with Gasteiger partial charge in [0, 0.05) is 18.0 Å². The Morgan fingerprint density at radius 1 is 1.00 bits per heavy atom. The van der Waals surface area contributed by atoms with Gasteiger partial charge in [0.15, 0.2) is 0 Å². The molecule has 1 aromatic heterocycles. The molecule has 0 N–H and O–H groups in total. The summed E-state index contributed by atoms with van der Waals surface area (Å²) >= 11 is 0. The van der Waals surface area contributed by atoms with Crippen LogP contribution in [-0.2, 0) is 0 Å². The number of para-hydroxylation sites is 1. The number of fused-ring (bicyclic) bond motifs is 3. The van der Waals surface area contributed by atoms with E-state index in [1.165, 1.54) is 11.3 Å². The van der Waals surface area contributed by atoms with E-state index in [1.807, 2.05) is 12.3 Å². The summed E-state index contributed by atoms with van der Waals surface area (Å²) in [4.78, 5) is 4.42. The molecule has 0 amide bonds. The van der Waals surface area contributed by atoms with Crippen LogP contribution in [0.1, 0.15) is 17.3 Å². The van der Waals surface area contributed by atoms with Gasteiger partial charge in [-0.2, -0.15) is 0 Å². The van der Waals surface area contributed by atoms with Crippen LogP contribution < -0.4 is 5.01 Å². The van der Waals surface area contributed by atoms with Crippen molar-refractivity contribution in [1.82, 2.24) is 9.99 Å². The van der Waals surface area contributed by atoms with Gasteiger partial charge in [0.05, 0.1) is 23.1 Å². The van der Waals surface area contributed by atoms with Gasteiger partial charge in [-0.1, -0.05) is 30.4 Å². The highest BCUT2D eigenvalue weighted by molar-refractivity contribution is 5.71. The Bertz CT molecular complexity index is 718. The van der Waals surface area contributed by atoms with Crippen LogP contribution in [0.15, 0.2) is 67.0 Å². The molecule has 1 atom stereocenters. The lowest BCUT2D eigenvalue weighted by atomic mass is 10.1. The lowest BCUT2D eigenvalue weighted by molar-refractivity contribution is 0.356. The van der Waals surface area contributed by atoms with Crippen LogP contribution in [0.4, 0.5) is 11.4 Å². The Kier molecular flexibility index (Phi) is 2.39. The molecule has 20 heavy (non-hydrogen) atoms. The molecule has 2 aromatic rings. The number of hydrogen-bond acceptors (Lipinski definition) is 3. The Balaban J connectivity index is 1.93. The highest BCUT2D eigenvalue weighted by Gasteiger charge is 2.35. The molecule has 1 aromatic carbocycles. The van der Waals surface area contributed by atoms with Crippen molar-refractivity contribution in [3.63, 3.8) is 0 Å². The summed E-state index contributed by atoms with van der Waals surface area (Å²) in [5, 5.41) is 4.51. The van der Waals surface area contributed by atoms with E-state index in [1.54, 1.807) is 0 Å². The number of rotatable bonds is 1. The molecule has 0 fully saturated rings. The Labute approximate surface area is 118 Å². The summed E-state index contributed by atoms with van der Waals surface area (Å²) in [6, 6.07) is 12.9. The number of anilines is 2. The predicted octanol–water partition coefficient (Wildman–Crippen LogP) is 3.88. The van der Waals surface area contributed by atoms with Crippen molar-refractivity contribution < 1.29 is 0 Å². The summed E-state index contributed by atoms with van der Waals surface area (Å²) in [5.41, 5.74) is 4.72.